The molecule has 0 saturated carbocycles. The zero-order valence-corrected chi connectivity index (χ0v) is 36.2. The summed E-state index contributed by atoms with van der Waals surface area (Å²) in [5.74, 6) is 0.937. The summed E-state index contributed by atoms with van der Waals surface area (Å²) in [4.78, 5) is 0. The number of allylic oxidation sites excluding steroid dienone is 2. The van der Waals surface area contributed by atoms with E-state index in [-0.39, 0.29) is 0 Å². The summed E-state index contributed by atoms with van der Waals surface area (Å²) in [5, 5.41) is 2.48. The Balaban J connectivity index is 4.57. The van der Waals surface area contributed by atoms with Crippen LogP contribution in [0.2, 0.25) is 0 Å². The Morgan fingerprint density at radius 3 is 1.22 bits per heavy atom. The normalized spacial score (nSPS) is 12.6. The van der Waals surface area contributed by atoms with E-state index in [1.807, 2.05) is 0 Å². The molecule has 0 spiro atoms. The van der Waals surface area contributed by atoms with Gasteiger partial charge < -0.3 is 5.01 Å². The van der Waals surface area contributed by atoms with Crippen LogP contribution in [0.4, 0.5) is 0 Å². The summed E-state index contributed by atoms with van der Waals surface area (Å²) in [6.07, 6.45) is 50.7. The van der Waals surface area contributed by atoms with Gasteiger partial charge in [-0.05, 0) is 57.3 Å². The Labute approximate surface area is 323 Å². The molecule has 2 atom stereocenters. The van der Waals surface area contributed by atoms with E-state index in [0.717, 1.165) is 12.3 Å². The first kappa shape index (κ1) is 50.0. The lowest BCUT2D eigenvalue weighted by Gasteiger charge is -2.34. The van der Waals surface area contributed by atoms with Crippen LogP contribution >= 0.6 is 0 Å². The first-order valence-electron chi connectivity index (χ1n) is 23.6. The van der Waals surface area contributed by atoms with E-state index in [2.05, 4.69) is 64.1 Å². The lowest BCUT2D eigenvalue weighted by atomic mass is 9.88. The van der Waals surface area contributed by atoms with Crippen LogP contribution in [0.1, 0.15) is 265 Å². The highest BCUT2D eigenvalue weighted by Crippen LogP contribution is 2.27. The molecule has 0 heterocycles. The topological polar surface area (TPSA) is 15.3 Å². The fourth-order valence-corrected chi connectivity index (χ4v) is 8.15. The van der Waals surface area contributed by atoms with Crippen LogP contribution in [-0.4, -0.2) is 18.1 Å². The first-order chi connectivity index (χ1) is 25.1. The molecule has 2 heteroatoms. The maximum absolute atomic E-state index is 4.54. The fraction of sp³-hybridized carbons (Fsp3) is 0.898. The van der Waals surface area contributed by atoms with Gasteiger partial charge in [0.2, 0.25) is 0 Å². The van der Waals surface area contributed by atoms with Crippen molar-refractivity contribution in [1.82, 2.24) is 10.4 Å². The van der Waals surface area contributed by atoms with Crippen LogP contribution in [0.25, 0.3) is 0 Å². The van der Waals surface area contributed by atoms with Crippen molar-refractivity contribution in [3.05, 3.63) is 30.2 Å². The molecule has 0 aromatic carbocycles. The average molecular weight is 713 g/mol. The predicted octanol–water partition coefficient (Wildman–Crippen LogP) is 17.1. The van der Waals surface area contributed by atoms with E-state index in [9.17, 15) is 0 Å². The second kappa shape index (κ2) is 40.2. The summed E-state index contributed by atoms with van der Waals surface area (Å²) >= 11 is 0. The van der Waals surface area contributed by atoms with Crippen molar-refractivity contribution in [1.29, 1.82) is 0 Å². The molecule has 0 bridgehead atoms. The maximum atomic E-state index is 4.54. The third-order valence-electron chi connectivity index (χ3n) is 11.7. The number of nitrogens with zero attached hydrogens (tertiary/aromatic N) is 1. The lowest BCUT2D eigenvalue weighted by Crippen LogP contribution is -2.43. The Hall–Kier alpha value is -0.980. The van der Waals surface area contributed by atoms with Crippen molar-refractivity contribution in [2.75, 3.05) is 7.05 Å². The summed E-state index contributed by atoms with van der Waals surface area (Å²) < 4.78 is 0. The highest BCUT2D eigenvalue weighted by Gasteiger charge is 2.19. The van der Waals surface area contributed by atoms with E-state index in [1.54, 1.807) is 0 Å². The monoisotopic (exact) mass is 713 g/mol. The Morgan fingerprint density at radius 2 is 0.804 bits per heavy atom. The Kier molecular flexibility index (Phi) is 39.4. The number of hydrazine groups is 1. The second-order valence-corrected chi connectivity index (χ2v) is 16.5. The van der Waals surface area contributed by atoms with E-state index in [0.29, 0.717) is 6.04 Å². The van der Waals surface area contributed by atoms with Crippen LogP contribution in [-0.2, 0) is 0 Å². The summed E-state index contributed by atoms with van der Waals surface area (Å²) in [7, 11) is 2.12. The van der Waals surface area contributed by atoms with Crippen LogP contribution in [0.5, 0.6) is 0 Å². The fourth-order valence-electron chi connectivity index (χ4n) is 8.15. The quantitative estimate of drug-likeness (QED) is 0.0293. The van der Waals surface area contributed by atoms with Crippen LogP contribution < -0.4 is 5.43 Å². The number of unbranched alkanes of at least 4 members (excludes halogenated alkanes) is 24. The number of nitrogens with one attached hydrogen (secondary N) is 1. The number of hydrogen-bond acceptors (Lipinski definition) is 2. The summed E-state index contributed by atoms with van der Waals surface area (Å²) in [5.41, 5.74) is 9.78. The van der Waals surface area contributed by atoms with Crippen LogP contribution in [0, 0.1) is 5.92 Å². The standard InChI is InChI=1S/C49H96N2/c1-8-13-17-21-23-24-30-36-42-49(51(50-7)48(12-5)41-35-27-19-15-10-3)43-37-31-26-25-28-32-38-46(6)44-45-47(39-33-20-16-11-4)40-34-29-22-18-14-9-2/h47,49-50H,5-6,8-11,13-45H2,1-4,7H3. The van der Waals surface area contributed by atoms with E-state index in [1.165, 1.54) is 242 Å². The maximum Gasteiger partial charge on any atom is 0.0707 e. The second-order valence-electron chi connectivity index (χ2n) is 16.5. The van der Waals surface area contributed by atoms with Crippen molar-refractivity contribution in [2.45, 2.75) is 271 Å². The number of hydrogen-bond donors (Lipinski definition) is 1. The van der Waals surface area contributed by atoms with Gasteiger partial charge in [0.25, 0.3) is 0 Å². The molecular formula is C49H96N2. The zero-order chi connectivity index (χ0) is 37.5. The Bertz CT molecular complexity index is 764. The molecule has 0 aliphatic heterocycles. The predicted molar refractivity (Wildman–Crippen MR) is 233 cm³/mol. The summed E-state index contributed by atoms with van der Waals surface area (Å²) in [6.45, 7) is 17.9. The largest absolute Gasteiger partial charge is 0.302 e. The van der Waals surface area contributed by atoms with Gasteiger partial charge >= 0.3 is 0 Å². The third kappa shape index (κ3) is 32.2. The highest BCUT2D eigenvalue weighted by atomic mass is 15.5. The van der Waals surface area contributed by atoms with Gasteiger partial charge in [-0.3, -0.25) is 0 Å². The van der Waals surface area contributed by atoms with Gasteiger partial charge in [-0.15, -0.1) is 5.73 Å². The zero-order valence-electron chi connectivity index (χ0n) is 36.2. The van der Waals surface area contributed by atoms with Gasteiger partial charge in [-0.25, -0.2) is 5.43 Å². The van der Waals surface area contributed by atoms with Gasteiger partial charge in [-0.1, -0.05) is 233 Å². The van der Waals surface area contributed by atoms with Gasteiger partial charge in [-0.2, -0.15) is 0 Å². The molecule has 0 saturated heterocycles. The van der Waals surface area contributed by atoms with Gasteiger partial charge in [0, 0.05) is 13.1 Å². The van der Waals surface area contributed by atoms with E-state index in [4.69, 9.17) is 0 Å². The molecule has 302 valence electrons. The number of rotatable bonds is 42. The molecule has 0 amide bonds. The van der Waals surface area contributed by atoms with E-state index >= 15 is 0 Å². The molecule has 51 heavy (non-hydrogen) atoms. The minimum absolute atomic E-state index is 0.565. The van der Waals surface area contributed by atoms with Gasteiger partial charge in [0.15, 0.2) is 0 Å². The molecule has 0 aromatic rings. The molecule has 0 radical (unpaired) electrons. The molecule has 0 fully saturated rings. The third-order valence-corrected chi connectivity index (χ3v) is 11.7. The SMILES string of the molecule is C=C=C(CCCCCCC)N(NC)C(CCCCCCCCCC)CCCCCCCCC(=C)CCC(CCCCCC)CCCCCCCC. The molecule has 2 nitrogen and oxygen atoms in total. The van der Waals surface area contributed by atoms with Crippen molar-refractivity contribution >= 4 is 0 Å². The lowest BCUT2D eigenvalue weighted by molar-refractivity contribution is 0.159. The smallest absolute Gasteiger partial charge is 0.0707 e. The van der Waals surface area contributed by atoms with Crippen molar-refractivity contribution in [3.63, 3.8) is 0 Å². The van der Waals surface area contributed by atoms with Gasteiger partial charge in [0.05, 0.1) is 5.70 Å². The molecule has 0 rings (SSSR count). The molecule has 0 aromatic heterocycles. The minimum atomic E-state index is 0.565. The van der Waals surface area contributed by atoms with Crippen molar-refractivity contribution < 1.29 is 0 Å². The molecule has 0 aliphatic carbocycles. The van der Waals surface area contributed by atoms with E-state index < -0.39 is 0 Å². The summed E-state index contributed by atoms with van der Waals surface area (Å²) in [6, 6.07) is 0.565. The van der Waals surface area contributed by atoms with Crippen LogP contribution in [0.3, 0.4) is 0 Å². The Morgan fingerprint density at radius 1 is 0.451 bits per heavy atom. The van der Waals surface area contributed by atoms with Crippen molar-refractivity contribution in [2.24, 2.45) is 5.92 Å². The highest BCUT2D eigenvalue weighted by molar-refractivity contribution is 4.99. The van der Waals surface area contributed by atoms with Gasteiger partial charge in [0.1, 0.15) is 0 Å². The first-order valence-corrected chi connectivity index (χ1v) is 23.6. The van der Waals surface area contributed by atoms with Crippen LogP contribution in [0.15, 0.2) is 30.2 Å². The molecular weight excluding hydrogens is 617 g/mol. The van der Waals surface area contributed by atoms with Crippen molar-refractivity contribution in [3.8, 4) is 0 Å². The average Bonchev–Trinajstić information content (AvgIpc) is 3.14. The minimum Gasteiger partial charge on any atom is -0.302 e. The molecule has 0 aliphatic rings. The molecule has 2 unspecified atom stereocenters. The molecule has 1 N–H and O–H groups in total.